The summed E-state index contributed by atoms with van der Waals surface area (Å²) in [6, 6.07) is 0. The van der Waals surface area contributed by atoms with Gasteiger partial charge in [0.1, 0.15) is 10.7 Å². The van der Waals surface area contributed by atoms with E-state index in [-0.39, 0.29) is 30.8 Å². The van der Waals surface area contributed by atoms with E-state index in [1.165, 1.54) is 21.1 Å². The second-order valence-electron chi connectivity index (χ2n) is 5.76. The maximum absolute atomic E-state index is 13.1. The van der Waals surface area contributed by atoms with Crippen LogP contribution >= 0.6 is 22.9 Å². The second-order valence-corrected chi connectivity index (χ2v) is 7.16. The maximum atomic E-state index is 13.1. The highest BCUT2D eigenvalue weighted by molar-refractivity contribution is 7.16. The van der Waals surface area contributed by atoms with E-state index in [4.69, 9.17) is 16.3 Å². The van der Waals surface area contributed by atoms with Crippen molar-refractivity contribution >= 4 is 33.8 Å². The molecule has 1 fully saturated rings. The molecule has 0 aliphatic carbocycles. The number of hydrogen-bond donors (Lipinski definition) is 0. The summed E-state index contributed by atoms with van der Waals surface area (Å²) in [4.78, 5) is 19.8. The SMILES string of the molecule is COCc1nn2c(CN3CN(CC(C)(F)F)CC3=O)c(Cl)nc2s1. The molecule has 2 aromatic heterocycles. The Morgan fingerprint density at radius 1 is 1.46 bits per heavy atom. The van der Waals surface area contributed by atoms with E-state index in [9.17, 15) is 13.6 Å². The number of aromatic nitrogens is 3. The van der Waals surface area contributed by atoms with Crippen LogP contribution in [0, 0.1) is 0 Å². The molecule has 3 heterocycles. The molecule has 1 amide bonds. The Balaban J connectivity index is 1.77. The van der Waals surface area contributed by atoms with Crippen molar-refractivity contribution in [3.05, 3.63) is 15.9 Å². The molecule has 0 radical (unpaired) electrons. The lowest BCUT2D eigenvalue weighted by molar-refractivity contribution is -0.127. The lowest BCUT2D eigenvalue weighted by atomic mass is 10.3. The third kappa shape index (κ3) is 3.66. The summed E-state index contributed by atoms with van der Waals surface area (Å²) >= 11 is 7.48. The number of ether oxygens (including phenoxy) is 1. The molecule has 0 atom stereocenters. The molecule has 132 valence electrons. The monoisotopic (exact) mass is 379 g/mol. The molecule has 1 aliphatic rings. The Bertz CT molecular complexity index is 759. The quantitative estimate of drug-likeness (QED) is 0.766. The Kier molecular flexibility index (Phi) is 4.73. The van der Waals surface area contributed by atoms with E-state index in [0.717, 1.165) is 11.9 Å². The van der Waals surface area contributed by atoms with Gasteiger partial charge in [-0.3, -0.25) is 9.69 Å². The van der Waals surface area contributed by atoms with Gasteiger partial charge >= 0.3 is 0 Å². The largest absolute Gasteiger partial charge is 0.377 e. The number of hydrogen-bond acceptors (Lipinski definition) is 6. The molecule has 11 heteroatoms. The number of nitrogens with zero attached hydrogens (tertiary/aromatic N) is 5. The van der Waals surface area contributed by atoms with E-state index >= 15 is 0 Å². The maximum Gasteiger partial charge on any atom is 0.257 e. The van der Waals surface area contributed by atoms with Crippen LogP contribution in [-0.4, -0.2) is 63.1 Å². The first-order valence-corrected chi connectivity index (χ1v) is 8.36. The minimum absolute atomic E-state index is 0.0328. The van der Waals surface area contributed by atoms with Crippen molar-refractivity contribution in [2.45, 2.75) is 26.0 Å². The van der Waals surface area contributed by atoms with Crippen LogP contribution in [0.1, 0.15) is 17.6 Å². The van der Waals surface area contributed by atoms with Crippen LogP contribution in [0.4, 0.5) is 8.78 Å². The molecular formula is C13H16ClF2N5O2S. The lowest BCUT2D eigenvalue weighted by Gasteiger charge is -2.20. The van der Waals surface area contributed by atoms with Crippen molar-refractivity contribution in [3.8, 4) is 0 Å². The second kappa shape index (κ2) is 6.51. The number of rotatable bonds is 6. The van der Waals surface area contributed by atoms with E-state index in [0.29, 0.717) is 17.3 Å². The number of carbonyl (C=O) groups excluding carboxylic acids is 1. The Labute approximate surface area is 145 Å². The van der Waals surface area contributed by atoms with Crippen molar-refractivity contribution in [3.63, 3.8) is 0 Å². The zero-order valence-corrected chi connectivity index (χ0v) is 14.7. The molecule has 3 rings (SSSR count). The molecule has 2 aromatic rings. The highest BCUT2D eigenvalue weighted by atomic mass is 35.5. The van der Waals surface area contributed by atoms with Crippen LogP contribution in [0.3, 0.4) is 0 Å². The van der Waals surface area contributed by atoms with Gasteiger partial charge in [-0.15, -0.1) is 0 Å². The van der Waals surface area contributed by atoms with Gasteiger partial charge in [0, 0.05) is 14.0 Å². The molecule has 1 aliphatic heterocycles. The van der Waals surface area contributed by atoms with Crippen LogP contribution in [0.15, 0.2) is 0 Å². The van der Waals surface area contributed by atoms with Gasteiger partial charge in [0.05, 0.1) is 32.9 Å². The molecule has 0 spiro atoms. The van der Waals surface area contributed by atoms with Gasteiger partial charge in [0.2, 0.25) is 10.9 Å². The summed E-state index contributed by atoms with van der Waals surface area (Å²) in [5, 5.41) is 5.35. The van der Waals surface area contributed by atoms with E-state index in [1.54, 1.807) is 11.6 Å². The Morgan fingerprint density at radius 2 is 2.21 bits per heavy atom. The van der Waals surface area contributed by atoms with Crippen molar-refractivity contribution in [1.82, 2.24) is 24.4 Å². The van der Waals surface area contributed by atoms with Crippen molar-refractivity contribution in [2.24, 2.45) is 0 Å². The smallest absolute Gasteiger partial charge is 0.257 e. The van der Waals surface area contributed by atoms with E-state index in [2.05, 4.69) is 10.1 Å². The summed E-state index contributed by atoms with van der Waals surface area (Å²) in [6.07, 6.45) is 0. The highest BCUT2D eigenvalue weighted by Gasteiger charge is 2.34. The van der Waals surface area contributed by atoms with Gasteiger partial charge in [-0.2, -0.15) is 5.10 Å². The van der Waals surface area contributed by atoms with Crippen LogP contribution in [0.5, 0.6) is 0 Å². The van der Waals surface area contributed by atoms with Crippen LogP contribution < -0.4 is 0 Å². The van der Waals surface area contributed by atoms with Crippen molar-refractivity contribution in [2.75, 3.05) is 26.9 Å². The first kappa shape index (κ1) is 17.5. The number of amides is 1. The predicted octanol–water partition coefficient (Wildman–Crippen LogP) is 1.85. The summed E-state index contributed by atoms with van der Waals surface area (Å²) < 4.78 is 32.9. The molecule has 0 unspecified atom stereocenters. The fourth-order valence-electron chi connectivity index (χ4n) is 2.60. The van der Waals surface area contributed by atoms with Crippen LogP contribution in [0.25, 0.3) is 4.96 Å². The first-order valence-electron chi connectivity index (χ1n) is 7.16. The molecule has 1 saturated heterocycles. The van der Waals surface area contributed by atoms with E-state index in [1.807, 2.05) is 0 Å². The van der Waals surface area contributed by atoms with Crippen LogP contribution in [-0.2, 0) is 22.7 Å². The van der Waals surface area contributed by atoms with Gasteiger partial charge in [-0.05, 0) is 0 Å². The summed E-state index contributed by atoms with van der Waals surface area (Å²) in [7, 11) is 1.57. The highest BCUT2D eigenvalue weighted by Crippen LogP contribution is 2.25. The van der Waals surface area contributed by atoms with E-state index < -0.39 is 12.5 Å². The standard InChI is InChI=1S/C13H16ClF2N5O2S/c1-13(15,16)6-19-4-10(22)20(7-19)3-8-11(14)17-12-21(8)18-9(24-12)5-23-2/h3-7H2,1-2H3. The Morgan fingerprint density at radius 3 is 2.88 bits per heavy atom. The zero-order chi connectivity index (χ0) is 17.5. The average molecular weight is 380 g/mol. The topological polar surface area (TPSA) is 63.0 Å². The number of imidazole rings is 1. The minimum Gasteiger partial charge on any atom is -0.377 e. The van der Waals surface area contributed by atoms with Crippen molar-refractivity contribution < 1.29 is 18.3 Å². The number of alkyl halides is 2. The van der Waals surface area contributed by atoms with Gasteiger partial charge < -0.3 is 9.64 Å². The molecule has 24 heavy (non-hydrogen) atoms. The van der Waals surface area contributed by atoms with Crippen molar-refractivity contribution in [1.29, 1.82) is 0 Å². The zero-order valence-electron chi connectivity index (χ0n) is 13.1. The molecular weight excluding hydrogens is 364 g/mol. The van der Waals surface area contributed by atoms with Gasteiger partial charge in [-0.25, -0.2) is 18.3 Å². The molecule has 7 nitrogen and oxygen atoms in total. The van der Waals surface area contributed by atoms with Gasteiger partial charge in [0.25, 0.3) is 5.92 Å². The fraction of sp³-hybridized carbons (Fsp3) is 0.615. The normalized spacial score (nSPS) is 16.7. The summed E-state index contributed by atoms with van der Waals surface area (Å²) in [6.45, 7) is 0.993. The number of halogens is 3. The average Bonchev–Trinajstić information content (AvgIpc) is 3.05. The molecule has 0 saturated carbocycles. The van der Waals surface area contributed by atoms with Gasteiger partial charge in [-0.1, -0.05) is 22.9 Å². The summed E-state index contributed by atoms with van der Waals surface area (Å²) in [5.74, 6) is -3.07. The number of methoxy groups -OCH3 is 1. The minimum atomic E-state index is -2.85. The summed E-state index contributed by atoms with van der Waals surface area (Å²) in [5.41, 5.74) is 0.559. The molecule has 0 N–H and O–H groups in total. The first-order chi connectivity index (χ1) is 11.3. The molecule has 0 bridgehead atoms. The lowest BCUT2D eigenvalue weighted by Crippen LogP contribution is -2.34. The third-order valence-corrected chi connectivity index (χ3v) is 4.67. The predicted molar refractivity (Wildman–Crippen MR) is 84.2 cm³/mol. The van der Waals surface area contributed by atoms with Crippen LogP contribution in [0.2, 0.25) is 5.15 Å². The third-order valence-electron chi connectivity index (χ3n) is 3.48. The number of carbonyl (C=O) groups is 1. The number of fused-ring (bicyclic) bond motifs is 1. The Hall–Kier alpha value is -1.36. The molecule has 0 aromatic carbocycles. The fourth-order valence-corrected chi connectivity index (χ4v) is 3.75. The van der Waals surface area contributed by atoms with Gasteiger partial charge in [0.15, 0.2) is 5.15 Å².